The molecule has 1 fully saturated rings. The number of ether oxygens (including phenoxy) is 2. The van der Waals surface area contributed by atoms with E-state index in [2.05, 4.69) is 5.32 Å². The van der Waals surface area contributed by atoms with Crippen molar-refractivity contribution in [3.8, 4) is 0 Å². The Kier molecular flexibility index (Phi) is 6.23. The predicted molar refractivity (Wildman–Crippen MR) is 60.4 cm³/mol. The van der Waals surface area contributed by atoms with Gasteiger partial charge in [-0.3, -0.25) is 0 Å². The molecule has 0 radical (unpaired) electrons. The van der Waals surface area contributed by atoms with Crippen molar-refractivity contribution in [1.29, 1.82) is 0 Å². The third-order valence-electron chi connectivity index (χ3n) is 2.76. The third-order valence-corrected chi connectivity index (χ3v) is 2.76. The molecule has 1 rings (SSSR count). The number of hydrogen-bond acceptors (Lipinski definition) is 5. The van der Waals surface area contributed by atoms with Gasteiger partial charge in [-0.2, -0.15) is 0 Å². The summed E-state index contributed by atoms with van der Waals surface area (Å²) in [6, 6.07) is 0. The average molecular weight is 233 g/mol. The maximum absolute atomic E-state index is 9.58. The number of aliphatic hydroxyl groups excluding tert-OH is 2. The van der Waals surface area contributed by atoms with Crippen LogP contribution in [0.15, 0.2) is 0 Å². The summed E-state index contributed by atoms with van der Waals surface area (Å²) in [7, 11) is 0. The Labute approximate surface area is 96.7 Å². The molecular formula is C11H23NO4. The lowest BCUT2D eigenvalue weighted by Crippen LogP contribution is -2.41. The Morgan fingerprint density at radius 2 is 2.00 bits per heavy atom. The van der Waals surface area contributed by atoms with E-state index in [0.717, 1.165) is 12.8 Å². The lowest BCUT2D eigenvalue weighted by Gasteiger charge is -2.17. The first-order valence-corrected chi connectivity index (χ1v) is 5.92. The molecule has 0 aromatic heterocycles. The van der Waals surface area contributed by atoms with Crippen molar-refractivity contribution in [3.05, 3.63) is 0 Å². The normalized spacial score (nSPS) is 19.7. The zero-order chi connectivity index (χ0) is 11.9. The van der Waals surface area contributed by atoms with Crippen LogP contribution in [0.2, 0.25) is 0 Å². The molecule has 3 N–H and O–H groups in total. The second kappa shape index (κ2) is 7.19. The summed E-state index contributed by atoms with van der Waals surface area (Å²) in [5.41, 5.74) is -0.119. The number of nitrogens with one attached hydrogen (secondary N) is 1. The Balaban J connectivity index is 1.92. The van der Waals surface area contributed by atoms with Gasteiger partial charge in [0.1, 0.15) is 0 Å². The third kappa shape index (κ3) is 5.23. The van der Waals surface area contributed by atoms with Crippen LogP contribution >= 0.6 is 0 Å². The minimum atomic E-state index is -0.523. The first kappa shape index (κ1) is 13.9. The van der Waals surface area contributed by atoms with Crippen LogP contribution in [0.1, 0.15) is 19.8 Å². The molecule has 1 unspecified atom stereocenters. The summed E-state index contributed by atoms with van der Waals surface area (Å²) in [5, 5.41) is 21.8. The molecule has 0 spiro atoms. The Morgan fingerprint density at radius 3 is 2.56 bits per heavy atom. The van der Waals surface area contributed by atoms with Crippen molar-refractivity contribution < 1.29 is 19.7 Å². The molecule has 0 heterocycles. The Hall–Kier alpha value is -0.200. The molecule has 1 aliphatic rings. The van der Waals surface area contributed by atoms with Gasteiger partial charge in [-0.05, 0) is 19.8 Å². The molecule has 1 aliphatic carbocycles. The van der Waals surface area contributed by atoms with Crippen molar-refractivity contribution in [3.63, 3.8) is 0 Å². The van der Waals surface area contributed by atoms with Crippen LogP contribution in [0.3, 0.4) is 0 Å². The van der Waals surface area contributed by atoms with Gasteiger partial charge in [0.25, 0.3) is 0 Å². The van der Waals surface area contributed by atoms with Crippen molar-refractivity contribution in [2.24, 2.45) is 0 Å². The fourth-order valence-electron chi connectivity index (χ4n) is 1.42. The van der Waals surface area contributed by atoms with E-state index in [9.17, 15) is 5.11 Å². The van der Waals surface area contributed by atoms with Gasteiger partial charge in [-0.15, -0.1) is 0 Å². The van der Waals surface area contributed by atoms with Crippen molar-refractivity contribution in [2.45, 2.75) is 31.4 Å². The fourth-order valence-corrected chi connectivity index (χ4v) is 1.42. The molecule has 5 heteroatoms. The van der Waals surface area contributed by atoms with Crippen molar-refractivity contribution in [1.82, 2.24) is 5.32 Å². The van der Waals surface area contributed by atoms with Gasteiger partial charge in [0, 0.05) is 18.7 Å². The smallest absolute Gasteiger partial charge is 0.0897 e. The number of aliphatic hydroxyl groups is 2. The van der Waals surface area contributed by atoms with Crippen LogP contribution in [0.5, 0.6) is 0 Å². The highest BCUT2D eigenvalue weighted by Crippen LogP contribution is 2.34. The van der Waals surface area contributed by atoms with Crippen LogP contribution in [-0.4, -0.2) is 61.4 Å². The van der Waals surface area contributed by atoms with Crippen LogP contribution in [-0.2, 0) is 9.47 Å². The van der Waals surface area contributed by atoms with E-state index < -0.39 is 6.10 Å². The van der Waals surface area contributed by atoms with E-state index in [4.69, 9.17) is 14.6 Å². The molecular weight excluding hydrogens is 210 g/mol. The lowest BCUT2D eigenvalue weighted by molar-refractivity contribution is 0.00476. The monoisotopic (exact) mass is 233 g/mol. The molecule has 0 aromatic carbocycles. The number of rotatable bonds is 10. The summed E-state index contributed by atoms with van der Waals surface area (Å²) in [6.07, 6.45) is 1.45. The summed E-state index contributed by atoms with van der Waals surface area (Å²) < 4.78 is 10.3. The van der Waals surface area contributed by atoms with E-state index >= 15 is 0 Å². The lowest BCUT2D eigenvalue weighted by atomic mass is 10.2. The zero-order valence-corrected chi connectivity index (χ0v) is 9.95. The highest BCUT2D eigenvalue weighted by atomic mass is 16.5. The van der Waals surface area contributed by atoms with Gasteiger partial charge in [-0.25, -0.2) is 0 Å². The number of hydrogen-bond donors (Lipinski definition) is 3. The second-order valence-corrected chi connectivity index (χ2v) is 4.25. The van der Waals surface area contributed by atoms with Gasteiger partial charge in [0.05, 0.1) is 32.5 Å². The summed E-state index contributed by atoms with van der Waals surface area (Å²) in [5.74, 6) is 0. The Morgan fingerprint density at radius 1 is 1.31 bits per heavy atom. The van der Waals surface area contributed by atoms with E-state index in [-0.39, 0.29) is 12.1 Å². The molecule has 1 saturated carbocycles. The molecule has 1 atom stereocenters. The fraction of sp³-hybridized carbons (Fsp3) is 1.00. The molecule has 0 amide bonds. The molecule has 96 valence electrons. The molecule has 0 aromatic rings. The van der Waals surface area contributed by atoms with Crippen LogP contribution < -0.4 is 5.32 Å². The van der Waals surface area contributed by atoms with Crippen molar-refractivity contribution >= 4 is 0 Å². The van der Waals surface area contributed by atoms with E-state index in [0.29, 0.717) is 33.0 Å². The van der Waals surface area contributed by atoms with Gasteiger partial charge >= 0.3 is 0 Å². The van der Waals surface area contributed by atoms with E-state index in [1.165, 1.54) is 0 Å². The highest BCUT2D eigenvalue weighted by molar-refractivity contribution is 5.01. The minimum absolute atomic E-state index is 0.119. The first-order valence-electron chi connectivity index (χ1n) is 5.92. The van der Waals surface area contributed by atoms with Crippen molar-refractivity contribution in [2.75, 3.05) is 39.6 Å². The van der Waals surface area contributed by atoms with Gasteiger partial charge in [0.15, 0.2) is 0 Å². The SMILES string of the molecule is CCOCCOCC(O)CNC1(CO)CC1. The van der Waals surface area contributed by atoms with E-state index in [1.807, 2.05) is 6.92 Å². The summed E-state index contributed by atoms with van der Waals surface area (Å²) >= 11 is 0. The maximum Gasteiger partial charge on any atom is 0.0897 e. The largest absolute Gasteiger partial charge is 0.394 e. The second-order valence-electron chi connectivity index (χ2n) is 4.25. The van der Waals surface area contributed by atoms with Gasteiger partial charge < -0.3 is 25.0 Å². The average Bonchev–Trinajstić information content (AvgIpc) is 3.07. The molecule has 0 bridgehead atoms. The van der Waals surface area contributed by atoms with Gasteiger partial charge in [0.2, 0.25) is 0 Å². The minimum Gasteiger partial charge on any atom is -0.394 e. The molecule has 16 heavy (non-hydrogen) atoms. The Bertz CT molecular complexity index is 185. The molecule has 0 saturated heterocycles. The quantitative estimate of drug-likeness (QED) is 0.444. The predicted octanol–water partition coefficient (Wildman–Crippen LogP) is -0.485. The standard InChI is InChI=1S/C11H23NO4/c1-2-15-5-6-16-8-10(14)7-12-11(9-13)3-4-11/h10,12-14H,2-9H2,1H3. The summed E-state index contributed by atoms with van der Waals surface area (Å²) in [4.78, 5) is 0. The van der Waals surface area contributed by atoms with Crippen LogP contribution in [0.25, 0.3) is 0 Å². The first-order chi connectivity index (χ1) is 7.72. The summed E-state index contributed by atoms with van der Waals surface area (Å²) in [6.45, 7) is 4.62. The van der Waals surface area contributed by atoms with Crippen LogP contribution in [0.4, 0.5) is 0 Å². The highest BCUT2D eigenvalue weighted by Gasteiger charge is 2.41. The molecule has 0 aliphatic heterocycles. The van der Waals surface area contributed by atoms with Gasteiger partial charge in [-0.1, -0.05) is 0 Å². The maximum atomic E-state index is 9.58. The molecule has 5 nitrogen and oxygen atoms in total. The van der Waals surface area contributed by atoms with Crippen LogP contribution in [0, 0.1) is 0 Å². The number of β-amino-alcohol motifs (C(OH)–C–C–N with tert-alkyl or cyclic N) is 1. The zero-order valence-electron chi connectivity index (χ0n) is 9.95. The van der Waals surface area contributed by atoms with E-state index in [1.54, 1.807) is 0 Å². The topological polar surface area (TPSA) is 71.0 Å².